The molecule has 0 bridgehead atoms. The molecule has 9 rings (SSSR count). The van der Waals surface area contributed by atoms with Crippen LogP contribution in [0.4, 0.5) is 0 Å². The molecule has 2 aliphatic heterocycles. The quantitative estimate of drug-likeness (QED) is 0.152. The van der Waals surface area contributed by atoms with Crippen LogP contribution in [-0.4, -0.2) is 76.8 Å². The average molecular weight is 756 g/mol. The van der Waals surface area contributed by atoms with Gasteiger partial charge in [-0.3, -0.25) is 24.4 Å². The van der Waals surface area contributed by atoms with Gasteiger partial charge in [-0.05, 0) is 82.9 Å². The van der Waals surface area contributed by atoms with Crippen molar-refractivity contribution >= 4 is 39.5 Å². The first-order valence-corrected chi connectivity index (χ1v) is 18.8. The highest BCUT2D eigenvalue weighted by atomic mass is 16.5. The zero-order chi connectivity index (χ0) is 38.9. The standard InChI is InChI=1S/C45H37N7O5/c46-45(55)32-7-10-33(26-3-1-5-28(17-26)43(53)30-8-11-35-37(20-30)49-22-39(51-35)41-24-47-13-15-56-41)34(19-32)27-4-2-6-29(18-27)44(54)31-9-12-36-38(21-31)50-23-40(52-36)42-25-48-14-16-57-42/h1-12,17-23,41-42,47-48H,13-16,24-25H2,(H2,46,55). The number of fused-ring (bicyclic) bond motifs is 2. The van der Waals surface area contributed by atoms with Crippen LogP contribution < -0.4 is 16.4 Å². The predicted molar refractivity (Wildman–Crippen MR) is 215 cm³/mol. The van der Waals surface area contributed by atoms with Crippen molar-refractivity contribution in [1.29, 1.82) is 0 Å². The van der Waals surface area contributed by atoms with Crippen molar-refractivity contribution in [3.63, 3.8) is 0 Å². The normalized spacial score (nSPS) is 17.1. The molecule has 4 heterocycles. The topological polar surface area (TPSA) is 171 Å². The zero-order valence-corrected chi connectivity index (χ0v) is 30.8. The van der Waals surface area contributed by atoms with Gasteiger partial charge in [0.05, 0.1) is 59.1 Å². The third-order valence-corrected chi connectivity index (χ3v) is 10.3. The monoisotopic (exact) mass is 755 g/mol. The van der Waals surface area contributed by atoms with E-state index in [0.29, 0.717) is 87.3 Å². The summed E-state index contributed by atoms with van der Waals surface area (Å²) in [5, 5.41) is 6.61. The number of morpholine rings is 2. The minimum atomic E-state index is -0.583. The average Bonchev–Trinajstić information content (AvgIpc) is 3.28. The smallest absolute Gasteiger partial charge is 0.248 e. The van der Waals surface area contributed by atoms with E-state index in [-0.39, 0.29) is 23.8 Å². The first-order chi connectivity index (χ1) is 27.9. The van der Waals surface area contributed by atoms with E-state index < -0.39 is 5.91 Å². The van der Waals surface area contributed by atoms with Crippen molar-refractivity contribution in [2.45, 2.75) is 12.2 Å². The van der Waals surface area contributed by atoms with E-state index in [1.807, 2.05) is 30.3 Å². The Bertz CT molecular complexity index is 2710. The largest absolute Gasteiger partial charge is 0.369 e. The van der Waals surface area contributed by atoms with Crippen LogP contribution in [0.5, 0.6) is 0 Å². The summed E-state index contributed by atoms with van der Waals surface area (Å²) in [7, 11) is 0. The van der Waals surface area contributed by atoms with Crippen LogP contribution in [0, 0.1) is 0 Å². The molecule has 12 heteroatoms. The van der Waals surface area contributed by atoms with Gasteiger partial charge >= 0.3 is 0 Å². The van der Waals surface area contributed by atoms with E-state index >= 15 is 0 Å². The maximum atomic E-state index is 13.9. The molecule has 57 heavy (non-hydrogen) atoms. The summed E-state index contributed by atoms with van der Waals surface area (Å²) in [6.45, 7) is 4.16. The van der Waals surface area contributed by atoms with E-state index in [4.69, 9.17) is 25.2 Å². The molecule has 282 valence electrons. The first kappa shape index (κ1) is 36.1. The highest BCUT2D eigenvalue weighted by Gasteiger charge is 2.21. The second kappa shape index (κ2) is 15.5. The Morgan fingerprint density at radius 3 is 1.53 bits per heavy atom. The number of nitrogens with two attached hydrogens (primary N) is 1. The summed E-state index contributed by atoms with van der Waals surface area (Å²) in [5.41, 5.74) is 14.8. The predicted octanol–water partition coefficient (Wildman–Crippen LogP) is 5.79. The Labute approximate surface area is 327 Å². The lowest BCUT2D eigenvalue weighted by molar-refractivity contribution is 0.0249. The molecule has 2 fully saturated rings. The number of ketones is 2. The fourth-order valence-electron chi connectivity index (χ4n) is 7.33. The lowest BCUT2D eigenvalue weighted by Gasteiger charge is -2.22. The van der Waals surface area contributed by atoms with E-state index in [2.05, 4.69) is 20.6 Å². The van der Waals surface area contributed by atoms with Gasteiger partial charge in [0.15, 0.2) is 11.6 Å². The molecule has 0 saturated carbocycles. The number of ether oxygens (including phenoxy) is 2. The van der Waals surface area contributed by atoms with Crippen molar-refractivity contribution in [2.24, 2.45) is 5.73 Å². The van der Waals surface area contributed by atoms with E-state index in [9.17, 15) is 14.4 Å². The number of amides is 1. The molecule has 1 amide bonds. The Morgan fingerprint density at radius 2 is 1.04 bits per heavy atom. The summed E-state index contributed by atoms with van der Waals surface area (Å²) in [5.74, 6) is -0.955. The van der Waals surface area contributed by atoms with Gasteiger partial charge in [0, 0.05) is 54.0 Å². The molecule has 0 radical (unpaired) electrons. The number of hydrogen-bond donors (Lipinski definition) is 3. The fraction of sp³-hybridized carbons (Fsp3) is 0.178. The van der Waals surface area contributed by atoms with Crippen molar-refractivity contribution < 1.29 is 23.9 Å². The van der Waals surface area contributed by atoms with Crippen LogP contribution >= 0.6 is 0 Å². The molecule has 2 unspecified atom stereocenters. The molecule has 2 aromatic heterocycles. The molecule has 7 aromatic rings. The van der Waals surface area contributed by atoms with Crippen LogP contribution in [0.25, 0.3) is 44.3 Å². The molecule has 2 aliphatic rings. The Hall–Kier alpha value is -6.57. The second-order valence-electron chi connectivity index (χ2n) is 14.1. The van der Waals surface area contributed by atoms with Crippen LogP contribution in [0.2, 0.25) is 0 Å². The van der Waals surface area contributed by atoms with Crippen LogP contribution in [0.15, 0.2) is 116 Å². The molecule has 0 spiro atoms. The van der Waals surface area contributed by atoms with Crippen molar-refractivity contribution in [3.8, 4) is 22.3 Å². The highest BCUT2D eigenvalue weighted by Crippen LogP contribution is 2.35. The molecule has 2 atom stereocenters. The minimum absolute atomic E-state index is 0.168. The lowest BCUT2D eigenvalue weighted by Crippen LogP contribution is -2.33. The van der Waals surface area contributed by atoms with Gasteiger partial charge in [-0.1, -0.05) is 42.5 Å². The van der Waals surface area contributed by atoms with Gasteiger partial charge in [-0.15, -0.1) is 0 Å². The van der Waals surface area contributed by atoms with Crippen LogP contribution in [-0.2, 0) is 9.47 Å². The van der Waals surface area contributed by atoms with Crippen molar-refractivity contribution in [2.75, 3.05) is 39.4 Å². The molecule has 12 nitrogen and oxygen atoms in total. The molecule has 4 N–H and O–H groups in total. The molecule has 0 aliphatic carbocycles. The SMILES string of the molecule is NC(=O)c1ccc(-c2cccc(C(=O)c3ccc4nc(C5CNCCO5)cnc4c3)c2)c(-c2cccc(C(=O)c3ccc4nc(C5CNCCO5)cnc4c3)c2)c1. The third kappa shape index (κ3) is 7.42. The lowest BCUT2D eigenvalue weighted by atomic mass is 9.89. The van der Waals surface area contributed by atoms with Gasteiger partial charge in [0.25, 0.3) is 0 Å². The van der Waals surface area contributed by atoms with E-state index in [1.165, 1.54) is 0 Å². The number of aromatic nitrogens is 4. The summed E-state index contributed by atoms with van der Waals surface area (Å²) in [6, 6.07) is 30.4. The zero-order valence-electron chi connectivity index (χ0n) is 30.8. The Morgan fingerprint density at radius 1 is 0.544 bits per heavy atom. The minimum Gasteiger partial charge on any atom is -0.369 e. The molecular formula is C45H37N7O5. The van der Waals surface area contributed by atoms with Crippen molar-refractivity contribution in [1.82, 2.24) is 30.6 Å². The number of rotatable bonds is 9. The Kier molecular flexibility index (Phi) is 9.83. The van der Waals surface area contributed by atoms with E-state index in [0.717, 1.165) is 35.6 Å². The van der Waals surface area contributed by atoms with Gasteiger partial charge < -0.3 is 25.8 Å². The number of nitrogens with one attached hydrogen (secondary N) is 2. The number of carbonyl (C=O) groups excluding carboxylic acids is 3. The number of hydrogen-bond acceptors (Lipinski definition) is 11. The van der Waals surface area contributed by atoms with Crippen molar-refractivity contribution in [3.05, 3.63) is 155 Å². The van der Waals surface area contributed by atoms with Gasteiger partial charge in [0.2, 0.25) is 5.91 Å². The maximum Gasteiger partial charge on any atom is 0.248 e. The molecular weight excluding hydrogens is 719 g/mol. The van der Waals surface area contributed by atoms with E-state index in [1.54, 1.807) is 85.2 Å². The summed E-state index contributed by atoms with van der Waals surface area (Å²) in [6.07, 6.45) is 3.06. The summed E-state index contributed by atoms with van der Waals surface area (Å²) in [4.78, 5) is 58.9. The highest BCUT2D eigenvalue weighted by molar-refractivity contribution is 6.12. The van der Waals surface area contributed by atoms with Crippen LogP contribution in [0.3, 0.4) is 0 Å². The number of nitrogens with zero attached hydrogens (tertiary/aromatic N) is 4. The first-order valence-electron chi connectivity index (χ1n) is 18.8. The molecule has 2 saturated heterocycles. The Balaban J connectivity index is 1.01. The molecule has 5 aromatic carbocycles. The van der Waals surface area contributed by atoms with Crippen LogP contribution in [0.1, 0.15) is 65.8 Å². The summed E-state index contributed by atoms with van der Waals surface area (Å²) >= 11 is 0. The number of primary amides is 1. The second-order valence-corrected chi connectivity index (χ2v) is 14.1. The van der Waals surface area contributed by atoms with Gasteiger partial charge in [-0.25, -0.2) is 9.97 Å². The van der Waals surface area contributed by atoms with Gasteiger partial charge in [0.1, 0.15) is 12.2 Å². The maximum absolute atomic E-state index is 13.9. The number of benzene rings is 5. The summed E-state index contributed by atoms with van der Waals surface area (Å²) < 4.78 is 11.7. The number of carbonyl (C=O) groups is 3. The third-order valence-electron chi connectivity index (χ3n) is 10.3. The van der Waals surface area contributed by atoms with Gasteiger partial charge in [-0.2, -0.15) is 0 Å². The fourth-order valence-corrected chi connectivity index (χ4v) is 7.33.